The molecule has 5 nitrogen and oxygen atoms in total. The molecule has 1 heterocycles. The Morgan fingerprint density at radius 2 is 1.84 bits per heavy atom. The molecule has 1 fully saturated rings. The SMILES string of the molecule is CCc1cc(C2(NCC(O)C(Cc3cc(F)cc(F)c3)NC(=O)O)CCCCC2)cs1. The minimum atomic E-state index is -1.29. The number of rotatable bonds is 9. The predicted molar refractivity (Wildman–Crippen MR) is 117 cm³/mol. The van der Waals surface area contributed by atoms with Crippen LogP contribution in [0.1, 0.15) is 55.0 Å². The average molecular weight is 453 g/mol. The summed E-state index contributed by atoms with van der Waals surface area (Å²) in [5.41, 5.74) is 1.26. The summed E-state index contributed by atoms with van der Waals surface area (Å²) < 4.78 is 27.1. The molecule has 3 rings (SSSR count). The second-order valence-electron chi connectivity index (χ2n) is 8.28. The lowest BCUT2D eigenvalue weighted by molar-refractivity contribution is 0.100. The standard InChI is InChI=1S/C23H30F2N2O3S/c1-2-19-11-16(14-31-19)23(6-4-3-5-7-23)26-13-21(28)20(27-22(29)30)10-15-8-17(24)12-18(25)9-15/h8-9,11-12,14,20-21,26-28H,2-7,10,13H2,1H3,(H,29,30). The van der Waals surface area contributed by atoms with Crippen LogP contribution in [-0.2, 0) is 18.4 Å². The molecular weight excluding hydrogens is 422 g/mol. The van der Waals surface area contributed by atoms with Crippen molar-refractivity contribution < 1.29 is 23.8 Å². The van der Waals surface area contributed by atoms with Gasteiger partial charge in [0.2, 0.25) is 0 Å². The molecule has 1 saturated carbocycles. The molecule has 0 aliphatic heterocycles. The number of hydrogen-bond donors (Lipinski definition) is 4. The molecule has 170 valence electrons. The molecule has 1 aliphatic rings. The first-order chi connectivity index (χ1) is 14.8. The van der Waals surface area contributed by atoms with Gasteiger partial charge in [0.15, 0.2) is 0 Å². The molecule has 4 N–H and O–H groups in total. The number of halogens is 2. The van der Waals surface area contributed by atoms with Crippen molar-refractivity contribution in [2.75, 3.05) is 6.54 Å². The fourth-order valence-corrected chi connectivity index (χ4v) is 5.34. The normalized spacial score (nSPS) is 17.8. The number of aryl methyl sites for hydroxylation is 1. The molecule has 1 aromatic carbocycles. The minimum Gasteiger partial charge on any atom is -0.465 e. The van der Waals surface area contributed by atoms with Crippen LogP contribution in [0.5, 0.6) is 0 Å². The smallest absolute Gasteiger partial charge is 0.404 e. The summed E-state index contributed by atoms with van der Waals surface area (Å²) in [6, 6.07) is 4.39. The van der Waals surface area contributed by atoms with E-state index in [1.54, 1.807) is 11.3 Å². The Labute approximate surface area is 185 Å². The van der Waals surface area contributed by atoms with Gasteiger partial charge in [0, 0.05) is 23.0 Å². The van der Waals surface area contributed by atoms with Gasteiger partial charge in [-0.05, 0) is 60.4 Å². The van der Waals surface area contributed by atoms with Gasteiger partial charge in [0.05, 0.1) is 12.1 Å². The fourth-order valence-electron chi connectivity index (χ4n) is 4.41. The van der Waals surface area contributed by atoms with E-state index in [4.69, 9.17) is 0 Å². The fraction of sp³-hybridized carbons (Fsp3) is 0.522. The van der Waals surface area contributed by atoms with Crippen molar-refractivity contribution in [1.29, 1.82) is 0 Å². The summed E-state index contributed by atoms with van der Waals surface area (Å²) in [5, 5.41) is 28.0. The molecule has 2 unspecified atom stereocenters. The maximum absolute atomic E-state index is 13.6. The van der Waals surface area contributed by atoms with Crippen molar-refractivity contribution in [1.82, 2.24) is 10.6 Å². The highest BCUT2D eigenvalue weighted by atomic mass is 32.1. The first-order valence-corrected chi connectivity index (χ1v) is 11.6. The first-order valence-electron chi connectivity index (χ1n) is 10.8. The molecule has 0 saturated heterocycles. The number of amides is 1. The van der Waals surface area contributed by atoms with Crippen LogP contribution in [0, 0.1) is 11.6 Å². The van der Waals surface area contributed by atoms with Gasteiger partial charge in [-0.15, -0.1) is 11.3 Å². The van der Waals surface area contributed by atoms with Gasteiger partial charge in [-0.1, -0.05) is 26.2 Å². The Morgan fingerprint density at radius 3 is 2.42 bits per heavy atom. The van der Waals surface area contributed by atoms with Crippen molar-refractivity contribution in [3.05, 3.63) is 57.3 Å². The van der Waals surface area contributed by atoms with Crippen LogP contribution in [0.15, 0.2) is 29.6 Å². The molecule has 1 aliphatic carbocycles. The summed E-state index contributed by atoms with van der Waals surface area (Å²) in [7, 11) is 0. The highest BCUT2D eigenvalue weighted by Gasteiger charge is 2.35. The number of nitrogens with one attached hydrogen (secondary N) is 2. The Bertz CT molecular complexity index is 863. The third-order valence-corrected chi connectivity index (χ3v) is 7.14. The number of aliphatic hydroxyl groups is 1. The van der Waals surface area contributed by atoms with Gasteiger partial charge < -0.3 is 20.8 Å². The van der Waals surface area contributed by atoms with Crippen LogP contribution in [0.3, 0.4) is 0 Å². The number of carboxylic acid groups (broad SMARTS) is 1. The van der Waals surface area contributed by atoms with Crippen LogP contribution in [0.4, 0.5) is 13.6 Å². The molecule has 0 radical (unpaired) electrons. The van der Waals surface area contributed by atoms with E-state index in [-0.39, 0.29) is 24.1 Å². The zero-order valence-corrected chi connectivity index (χ0v) is 18.5. The van der Waals surface area contributed by atoms with Crippen molar-refractivity contribution in [2.45, 2.75) is 69.6 Å². The topological polar surface area (TPSA) is 81.6 Å². The van der Waals surface area contributed by atoms with E-state index in [9.17, 15) is 23.8 Å². The quantitative estimate of drug-likeness (QED) is 0.449. The Morgan fingerprint density at radius 1 is 1.16 bits per heavy atom. The number of carbonyl (C=O) groups is 1. The number of thiophene rings is 1. The maximum Gasteiger partial charge on any atom is 0.404 e. The molecular formula is C23H30F2N2O3S. The molecule has 8 heteroatoms. The van der Waals surface area contributed by atoms with Gasteiger partial charge >= 0.3 is 6.09 Å². The number of benzene rings is 1. The lowest BCUT2D eigenvalue weighted by atomic mass is 9.77. The molecule has 0 spiro atoms. The zero-order chi connectivity index (χ0) is 22.4. The molecule has 2 atom stereocenters. The summed E-state index contributed by atoms with van der Waals surface area (Å²) in [6.07, 6.45) is 3.83. The second-order valence-corrected chi connectivity index (χ2v) is 9.28. The summed E-state index contributed by atoms with van der Waals surface area (Å²) in [6.45, 7) is 2.29. The lowest BCUT2D eigenvalue weighted by Crippen LogP contribution is -2.53. The molecule has 31 heavy (non-hydrogen) atoms. The monoisotopic (exact) mass is 452 g/mol. The highest BCUT2D eigenvalue weighted by Crippen LogP contribution is 2.39. The van der Waals surface area contributed by atoms with E-state index < -0.39 is 29.9 Å². The van der Waals surface area contributed by atoms with E-state index in [0.717, 1.165) is 50.3 Å². The van der Waals surface area contributed by atoms with Crippen LogP contribution >= 0.6 is 11.3 Å². The van der Waals surface area contributed by atoms with Gasteiger partial charge in [0.1, 0.15) is 11.6 Å². The van der Waals surface area contributed by atoms with E-state index >= 15 is 0 Å². The van der Waals surface area contributed by atoms with Crippen molar-refractivity contribution >= 4 is 17.4 Å². The van der Waals surface area contributed by atoms with Crippen LogP contribution in [-0.4, -0.2) is 35.0 Å². The third-order valence-electron chi connectivity index (χ3n) is 6.06. The van der Waals surface area contributed by atoms with Crippen molar-refractivity contribution in [3.63, 3.8) is 0 Å². The van der Waals surface area contributed by atoms with Gasteiger partial charge in [-0.2, -0.15) is 0 Å². The first kappa shape index (κ1) is 23.6. The Hall–Kier alpha value is -2.03. The summed E-state index contributed by atoms with van der Waals surface area (Å²) in [5.74, 6) is -1.47. The molecule has 1 amide bonds. The highest BCUT2D eigenvalue weighted by molar-refractivity contribution is 7.10. The lowest BCUT2D eigenvalue weighted by Gasteiger charge is -2.39. The molecule has 1 aromatic heterocycles. The van der Waals surface area contributed by atoms with Crippen LogP contribution in [0.2, 0.25) is 0 Å². The van der Waals surface area contributed by atoms with Gasteiger partial charge in [-0.25, -0.2) is 13.6 Å². The van der Waals surface area contributed by atoms with Gasteiger partial charge in [0.25, 0.3) is 0 Å². The summed E-state index contributed by atoms with van der Waals surface area (Å²) in [4.78, 5) is 12.6. The number of aliphatic hydroxyl groups excluding tert-OH is 1. The van der Waals surface area contributed by atoms with E-state index in [1.165, 1.54) is 16.9 Å². The van der Waals surface area contributed by atoms with Crippen LogP contribution < -0.4 is 10.6 Å². The van der Waals surface area contributed by atoms with E-state index in [1.807, 2.05) is 0 Å². The van der Waals surface area contributed by atoms with Crippen molar-refractivity contribution in [3.8, 4) is 0 Å². The van der Waals surface area contributed by atoms with Crippen molar-refractivity contribution in [2.24, 2.45) is 0 Å². The van der Waals surface area contributed by atoms with Crippen LogP contribution in [0.25, 0.3) is 0 Å². The Kier molecular flexibility index (Phi) is 8.02. The second kappa shape index (κ2) is 10.5. The van der Waals surface area contributed by atoms with Gasteiger partial charge in [-0.3, -0.25) is 0 Å². The average Bonchev–Trinajstić information content (AvgIpc) is 3.21. The zero-order valence-electron chi connectivity index (χ0n) is 17.7. The molecule has 2 aromatic rings. The largest absolute Gasteiger partial charge is 0.465 e. The van der Waals surface area contributed by atoms with E-state index in [0.29, 0.717) is 0 Å². The van der Waals surface area contributed by atoms with E-state index in [2.05, 4.69) is 29.0 Å². The Balaban J connectivity index is 1.74. The minimum absolute atomic E-state index is 0.0186. The summed E-state index contributed by atoms with van der Waals surface area (Å²) >= 11 is 1.73. The maximum atomic E-state index is 13.6. The number of hydrogen-bond acceptors (Lipinski definition) is 4. The third kappa shape index (κ3) is 6.24. The predicted octanol–water partition coefficient (Wildman–Crippen LogP) is 4.58. The molecule has 0 bridgehead atoms.